The van der Waals surface area contributed by atoms with Gasteiger partial charge in [-0.25, -0.2) is 4.98 Å². The quantitative estimate of drug-likeness (QED) is 0.776. The highest BCUT2D eigenvalue weighted by atomic mass is 16.1. The number of carbonyl (C=O) groups is 1. The summed E-state index contributed by atoms with van der Waals surface area (Å²) in [6.45, 7) is 1.14. The van der Waals surface area contributed by atoms with E-state index in [0.29, 0.717) is 24.5 Å². The summed E-state index contributed by atoms with van der Waals surface area (Å²) in [4.78, 5) is 19.7. The number of nitrogens with one attached hydrogen (secondary N) is 2. The van der Waals surface area contributed by atoms with E-state index in [4.69, 9.17) is 0 Å². The first-order valence-electron chi connectivity index (χ1n) is 5.69. The minimum absolute atomic E-state index is 0.0726. The largest absolute Gasteiger partial charge is 0.367 e. The van der Waals surface area contributed by atoms with Crippen LogP contribution in [-0.2, 0) is 0 Å². The van der Waals surface area contributed by atoms with Crippen LogP contribution >= 0.6 is 0 Å². The Kier molecular flexibility index (Phi) is 4.24. The molecule has 1 amide bonds. The van der Waals surface area contributed by atoms with Crippen molar-refractivity contribution in [1.29, 1.82) is 0 Å². The van der Waals surface area contributed by atoms with E-state index in [2.05, 4.69) is 20.6 Å². The van der Waals surface area contributed by atoms with E-state index < -0.39 is 0 Å². The van der Waals surface area contributed by atoms with Gasteiger partial charge in [-0.1, -0.05) is 18.2 Å². The van der Waals surface area contributed by atoms with Crippen LogP contribution in [0.1, 0.15) is 10.4 Å². The maximum Gasteiger partial charge on any atom is 0.251 e. The number of hydrogen-bond acceptors (Lipinski definition) is 4. The molecule has 0 bridgehead atoms. The summed E-state index contributed by atoms with van der Waals surface area (Å²) >= 11 is 0. The standard InChI is InChI=1S/C13H14N4O/c18-13(11-4-2-1-3-5-11)17-9-8-16-12-10-14-6-7-15-12/h1-7,10H,8-9H2,(H,15,16)(H,17,18). The van der Waals surface area contributed by atoms with Gasteiger partial charge >= 0.3 is 0 Å². The van der Waals surface area contributed by atoms with E-state index in [1.165, 1.54) is 0 Å². The number of carbonyl (C=O) groups excluding carboxylic acids is 1. The molecular weight excluding hydrogens is 228 g/mol. The molecule has 0 fully saturated rings. The molecule has 2 rings (SSSR count). The molecule has 1 aromatic carbocycles. The van der Waals surface area contributed by atoms with Gasteiger partial charge in [0.25, 0.3) is 5.91 Å². The van der Waals surface area contributed by atoms with Crippen molar-refractivity contribution in [3.63, 3.8) is 0 Å². The molecule has 0 radical (unpaired) electrons. The summed E-state index contributed by atoms with van der Waals surface area (Å²) in [5.41, 5.74) is 0.664. The molecule has 5 heteroatoms. The molecule has 1 heterocycles. The number of rotatable bonds is 5. The molecule has 2 aromatic rings. The van der Waals surface area contributed by atoms with Crippen molar-refractivity contribution in [1.82, 2.24) is 15.3 Å². The van der Waals surface area contributed by atoms with Crippen LogP contribution in [0.3, 0.4) is 0 Å². The Morgan fingerprint density at radius 2 is 1.94 bits per heavy atom. The minimum Gasteiger partial charge on any atom is -0.367 e. The molecule has 0 aliphatic heterocycles. The first-order chi connectivity index (χ1) is 8.86. The van der Waals surface area contributed by atoms with Crippen LogP contribution in [0.4, 0.5) is 5.82 Å². The fourth-order valence-electron chi connectivity index (χ4n) is 1.45. The average molecular weight is 242 g/mol. The Morgan fingerprint density at radius 1 is 1.11 bits per heavy atom. The Hall–Kier alpha value is -2.43. The number of anilines is 1. The lowest BCUT2D eigenvalue weighted by molar-refractivity contribution is 0.0955. The normalized spacial score (nSPS) is 9.78. The van der Waals surface area contributed by atoms with Crippen LogP contribution in [0, 0.1) is 0 Å². The van der Waals surface area contributed by atoms with Crippen molar-refractivity contribution in [2.75, 3.05) is 18.4 Å². The molecule has 0 saturated heterocycles. The monoisotopic (exact) mass is 242 g/mol. The molecule has 0 unspecified atom stereocenters. The smallest absolute Gasteiger partial charge is 0.251 e. The first kappa shape index (κ1) is 12.0. The van der Waals surface area contributed by atoms with E-state index in [-0.39, 0.29) is 5.91 Å². The van der Waals surface area contributed by atoms with Crippen molar-refractivity contribution >= 4 is 11.7 Å². The van der Waals surface area contributed by atoms with Gasteiger partial charge in [-0.2, -0.15) is 0 Å². The summed E-state index contributed by atoms with van der Waals surface area (Å²) < 4.78 is 0. The van der Waals surface area contributed by atoms with Crippen molar-refractivity contribution in [3.8, 4) is 0 Å². The second kappa shape index (κ2) is 6.34. The lowest BCUT2D eigenvalue weighted by Gasteiger charge is -2.06. The van der Waals surface area contributed by atoms with Gasteiger partial charge < -0.3 is 10.6 Å². The van der Waals surface area contributed by atoms with Crippen LogP contribution in [0.15, 0.2) is 48.9 Å². The fraction of sp³-hybridized carbons (Fsp3) is 0.154. The SMILES string of the molecule is O=C(NCCNc1cnccn1)c1ccccc1. The Balaban J connectivity index is 1.72. The molecule has 0 atom stereocenters. The third-order valence-corrected chi connectivity index (χ3v) is 2.32. The van der Waals surface area contributed by atoms with Crippen LogP contribution in [-0.4, -0.2) is 29.0 Å². The maximum absolute atomic E-state index is 11.7. The summed E-state index contributed by atoms with van der Waals surface area (Å²) in [5, 5.41) is 5.88. The highest BCUT2D eigenvalue weighted by Crippen LogP contribution is 1.98. The van der Waals surface area contributed by atoms with E-state index in [9.17, 15) is 4.79 Å². The van der Waals surface area contributed by atoms with E-state index in [1.54, 1.807) is 30.7 Å². The van der Waals surface area contributed by atoms with Crippen LogP contribution in [0.2, 0.25) is 0 Å². The van der Waals surface area contributed by atoms with Gasteiger partial charge in [0, 0.05) is 31.0 Å². The lowest BCUT2D eigenvalue weighted by atomic mass is 10.2. The molecule has 0 aliphatic carbocycles. The molecule has 5 nitrogen and oxygen atoms in total. The third kappa shape index (κ3) is 3.55. The average Bonchev–Trinajstić information content (AvgIpc) is 2.45. The Bertz CT molecular complexity index is 487. The van der Waals surface area contributed by atoms with E-state index >= 15 is 0 Å². The first-order valence-corrected chi connectivity index (χ1v) is 5.69. The van der Waals surface area contributed by atoms with Crippen LogP contribution in [0.25, 0.3) is 0 Å². The lowest BCUT2D eigenvalue weighted by Crippen LogP contribution is -2.28. The maximum atomic E-state index is 11.7. The van der Waals surface area contributed by atoms with E-state index in [0.717, 1.165) is 0 Å². The number of amides is 1. The summed E-state index contributed by atoms with van der Waals surface area (Å²) in [6, 6.07) is 9.13. The molecular formula is C13H14N4O. The minimum atomic E-state index is -0.0726. The van der Waals surface area contributed by atoms with Gasteiger partial charge in [-0.05, 0) is 12.1 Å². The molecule has 0 saturated carbocycles. The Morgan fingerprint density at radius 3 is 2.67 bits per heavy atom. The topological polar surface area (TPSA) is 66.9 Å². The molecule has 18 heavy (non-hydrogen) atoms. The van der Waals surface area contributed by atoms with Gasteiger partial charge in [0.05, 0.1) is 6.20 Å². The number of benzene rings is 1. The zero-order valence-corrected chi connectivity index (χ0v) is 9.84. The van der Waals surface area contributed by atoms with Crippen molar-refractivity contribution in [2.45, 2.75) is 0 Å². The number of nitrogens with zero attached hydrogens (tertiary/aromatic N) is 2. The second-order valence-electron chi connectivity index (χ2n) is 3.64. The van der Waals surface area contributed by atoms with Crippen LogP contribution < -0.4 is 10.6 Å². The molecule has 1 aromatic heterocycles. The zero-order chi connectivity index (χ0) is 12.6. The van der Waals surface area contributed by atoms with Crippen molar-refractivity contribution in [3.05, 3.63) is 54.5 Å². The van der Waals surface area contributed by atoms with Crippen LogP contribution in [0.5, 0.6) is 0 Å². The molecule has 92 valence electrons. The molecule has 0 spiro atoms. The van der Waals surface area contributed by atoms with E-state index in [1.807, 2.05) is 18.2 Å². The zero-order valence-electron chi connectivity index (χ0n) is 9.84. The second-order valence-corrected chi connectivity index (χ2v) is 3.64. The summed E-state index contributed by atoms with van der Waals surface area (Å²) in [7, 11) is 0. The van der Waals surface area contributed by atoms with Crippen molar-refractivity contribution in [2.24, 2.45) is 0 Å². The highest BCUT2D eigenvalue weighted by molar-refractivity contribution is 5.94. The van der Waals surface area contributed by atoms with Gasteiger partial charge in [0.15, 0.2) is 0 Å². The number of hydrogen-bond donors (Lipinski definition) is 2. The van der Waals surface area contributed by atoms with Gasteiger partial charge in [-0.3, -0.25) is 9.78 Å². The van der Waals surface area contributed by atoms with Gasteiger partial charge in [0.2, 0.25) is 0 Å². The Labute approximate surface area is 105 Å². The highest BCUT2D eigenvalue weighted by Gasteiger charge is 2.02. The van der Waals surface area contributed by atoms with Crippen molar-refractivity contribution < 1.29 is 4.79 Å². The molecule has 2 N–H and O–H groups in total. The predicted octanol–water partition coefficient (Wildman–Crippen LogP) is 1.32. The number of aromatic nitrogens is 2. The summed E-state index contributed by atoms with van der Waals surface area (Å²) in [5.74, 6) is 0.628. The summed E-state index contributed by atoms with van der Waals surface area (Å²) in [6.07, 6.45) is 4.87. The van der Waals surface area contributed by atoms with Gasteiger partial charge in [-0.15, -0.1) is 0 Å². The molecule has 0 aliphatic rings. The third-order valence-electron chi connectivity index (χ3n) is 2.32. The predicted molar refractivity (Wildman–Crippen MR) is 69.3 cm³/mol. The fourth-order valence-corrected chi connectivity index (χ4v) is 1.45. The van der Waals surface area contributed by atoms with Gasteiger partial charge in [0.1, 0.15) is 5.82 Å².